The zero-order valence-corrected chi connectivity index (χ0v) is 19.9. The van der Waals surface area contributed by atoms with Gasteiger partial charge >= 0.3 is 12.1 Å². The van der Waals surface area contributed by atoms with Gasteiger partial charge in [0.2, 0.25) is 0 Å². The van der Waals surface area contributed by atoms with Crippen LogP contribution in [-0.2, 0) is 11.0 Å². The zero-order chi connectivity index (χ0) is 22.8. The largest absolute Gasteiger partial charge is 0.481 e. The van der Waals surface area contributed by atoms with Gasteiger partial charge in [0.15, 0.2) is 0 Å². The summed E-state index contributed by atoms with van der Waals surface area (Å²) < 4.78 is 39.2. The number of carboxylic acid groups (broad SMARTS) is 1. The minimum absolute atomic E-state index is 0.00683. The van der Waals surface area contributed by atoms with E-state index in [9.17, 15) is 23.1 Å². The summed E-state index contributed by atoms with van der Waals surface area (Å²) in [6.45, 7) is 8.03. The molecule has 4 atom stereocenters. The van der Waals surface area contributed by atoms with Crippen LogP contribution in [-0.4, -0.2) is 36.6 Å². The number of halogens is 3. The number of fused-ring (bicyclic) bond motifs is 1. The monoisotopic (exact) mass is 455 g/mol. The Kier molecular flexibility index (Phi) is 7.57. The molecule has 0 spiro atoms. The van der Waals surface area contributed by atoms with Crippen LogP contribution >= 0.6 is 0 Å². The summed E-state index contributed by atoms with van der Waals surface area (Å²) in [5.74, 6) is -0.307. The summed E-state index contributed by atoms with van der Waals surface area (Å²) in [5.41, 5.74) is 0.260. The summed E-state index contributed by atoms with van der Waals surface area (Å²) >= 11 is 0. The van der Waals surface area contributed by atoms with E-state index in [0.717, 1.165) is 44.2 Å². The Morgan fingerprint density at radius 2 is 1.77 bits per heavy atom. The van der Waals surface area contributed by atoms with Gasteiger partial charge in [0.1, 0.15) is 0 Å². The van der Waals surface area contributed by atoms with Crippen LogP contribution in [0.5, 0.6) is 0 Å². The first-order valence-electron chi connectivity index (χ1n) is 11.6. The second-order valence-corrected chi connectivity index (χ2v) is 16.3. The predicted molar refractivity (Wildman–Crippen MR) is 120 cm³/mol. The molecule has 1 aliphatic heterocycles. The molecule has 1 aromatic carbocycles. The number of benzene rings is 1. The SMILES string of the molecule is C[Si](C)(C)CCCN1C(c2ccc(C(F)(F)F)cc2)CC(CC(=O)O)C2CCCCC21. The average molecular weight is 456 g/mol. The van der Waals surface area contributed by atoms with Crippen LogP contribution < -0.4 is 0 Å². The van der Waals surface area contributed by atoms with Gasteiger partial charge in [0.05, 0.1) is 5.56 Å². The fourth-order valence-electron chi connectivity index (χ4n) is 5.72. The minimum atomic E-state index is -4.34. The Morgan fingerprint density at radius 1 is 1.13 bits per heavy atom. The Morgan fingerprint density at radius 3 is 2.35 bits per heavy atom. The maximum absolute atomic E-state index is 13.1. The third kappa shape index (κ3) is 6.34. The average Bonchev–Trinajstić information content (AvgIpc) is 2.67. The highest BCUT2D eigenvalue weighted by molar-refractivity contribution is 6.76. The molecule has 1 saturated carbocycles. The van der Waals surface area contributed by atoms with Crippen molar-refractivity contribution < 1.29 is 23.1 Å². The maximum Gasteiger partial charge on any atom is 0.416 e. The number of carbonyl (C=O) groups is 1. The lowest BCUT2D eigenvalue weighted by Crippen LogP contribution is -2.52. The van der Waals surface area contributed by atoms with Crippen molar-refractivity contribution in [2.75, 3.05) is 6.54 Å². The van der Waals surface area contributed by atoms with Crippen LogP contribution in [0.25, 0.3) is 0 Å². The van der Waals surface area contributed by atoms with E-state index in [1.54, 1.807) is 12.1 Å². The summed E-state index contributed by atoms with van der Waals surface area (Å²) in [6.07, 6.45) is 2.03. The topological polar surface area (TPSA) is 40.5 Å². The molecule has 7 heteroatoms. The lowest BCUT2D eigenvalue weighted by molar-refractivity contribution is -0.141. The number of likely N-dealkylation sites (tertiary alicyclic amines) is 1. The molecule has 2 fully saturated rings. The van der Waals surface area contributed by atoms with Crippen molar-refractivity contribution in [3.63, 3.8) is 0 Å². The van der Waals surface area contributed by atoms with E-state index in [4.69, 9.17) is 0 Å². The number of alkyl halides is 3. The third-order valence-corrected chi connectivity index (χ3v) is 9.00. The molecule has 1 saturated heterocycles. The van der Waals surface area contributed by atoms with Crippen LogP contribution in [0, 0.1) is 11.8 Å². The van der Waals surface area contributed by atoms with Crippen molar-refractivity contribution in [3.8, 4) is 0 Å². The summed E-state index contributed by atoms with van der Waals surface area (Å²) in [7, 11) is -1.18. The van der Waals surface area contributed by atoms with E-state index in [-0.39, 0.29) is 18.4 Å². The molecule has 1 heterocycles. The molecule has 0 bridgehead atoms. The second kappa shape index (κ2) is 9.65. The van der Waals surface area contributed by atoms with Crippen molar-refractivity contribution >= 4 is 14.0 Å². The standard InChI is InChI=1S/C24H36F3NO2Si/c1-31(2,3)14-6-13-28-21-8-5-4-7-20(21)18(16-23(29)30)15-22(28)17-9-11-19(12-10-17)24(25,26)27/h9-12,18,20-22H,4-8,13-16H2,1-3H3,(H,29,30). The first-order valence-corrected chi connectivity index (χ1v) is 15.3. The number of hydrogen-bond acceptors (Lipinski definition) is 2. The highest BCUT2D eigenvalue weighted by Crippen LogP contribution is 2.48. The molecule has 2 aliphatic rings. The van der Waals surface area contributed by atoms with Gasteiger partial charge in [-0.05, 0) is 61.8 Å². The molecule has 4 unspecified atom stereocenters. The number of nitrogens with zero attached hydrogens (tertiary/aromatic N) is 1. The predicted octanol–water partition coefficient (Wildman–Crippen LogP) is 6.83. The molecule has 1 aliphatic carbocycles. The van der Waals surface area contributed by atoms with Gasteiger partial charge in [-0.2, -0.15) is 13.2 Å². The molecule has 0 amide bonds. The number of aliphatic carboxylic acids is 1. The number of piperidine rings is 1. The van der Waals surface area contributed by atoms with E-state index in [0.29, 0.717) is 18.4 Å². The normalized spacial score (nSPS) is 27.7. The summed E-state index contributed by atoms with van der Waals surface area (Å²) in [5, 5.41) is 9.50. The zero-order valence-electron chi connectivity index (χ0n) is 18.9. The number of hydrogen-bond donors (Lipinski definition) is 1. The van der Waals surface area contributed by atoms with E-state index < -0.39 is 25.8 Å². The Labute approximate surface area is 185 Å². The van der Waals surface area contributed by atoms with Gasteiger partial charge in [0, 0.05) is 26.6 Å². The van der Waals surface area contributed by atoms with Crippen molar-refractivity contribution in [2.45, 2.75) is 88.9 Å². The van der Waals surface area contributed by atoms with Crippen LogP contribution in [0.2, 0.25) is 25.7 Å². The summed E-state index contributed by atoms with van der Waals surface area (Å²) in [6, 6.07) is 7.12. The highest BCUT2D eigenvalue weighted by atomic mass is 28.3. The number of rotatable bonds is 7. The molecule has 174 valence electrons. The Bertz CT molecular complexity index is 745. The minimum Gasteiger partial charge on any atom is -0.481 e. The van der Waals surface area contributed by atoms with Gasteiger partial charge in [-0.3, -0.25) is 9.69 Å². The molecular formula is C24H36F3NO2Si. The van der Waals surface area contributed by atoms with Gasteiger partial charge in [-0.15, -0.1) is 0 Å². The van der Waals surface area contributed by atoms with E-state index in [1.165, 1.54) is 18.2 Å². The Balaban J connectivity index is 1.89. The van der Waals surface area contributed by atoms with Gasteiger partial charge in [-0.25, -0.2) is 0 Å². The Hall–Kier alpha value is -1.34. The second-order valence-electron chi connectivity index (χ2n) is 10.6. The van der Waals surface area contributed by atoms with E-state index >= 15 is 0 Å². The lowest BCUT2D eigenvalue weighted by Gasteiger charge is -2.52. The fourth-order valence-corrected chi connectivity index (χ4v) is 6.94. The maximum atomic E-state index is 13.1. The smallest absolute Gasteiger partial charge is 0.416 e. The van der Waals surface area contributed by atoms with Gasteiger partial charge in [0.25, 0.3) is 0 Å². The lowest BCUT2D eigenvalue weighted by atomic mass is 9.68. The molecule has 3 nitrogen and oxygen atoms in total. The van der Waals surface area contributed by atoms with Crippen LogP contribution in [0.15, 0.2) is 24.3 Å². The quantitative estimate of drug-likeness (QED) is 0.458. The first kappa shape index (κ1) is 24.3. The van der Waals surface area contributed by atoms with Crippen molar-refractivity contribution in [1.29, 1.82) is 0 Å². The van der Waals surface area contributed by atoms with E-state index in [2.05, 4.69) is 24.5 Å². The fraction of sp³-hybridized carbons (Fsp3) is 0.708. The molecule has 3 rings (SSSR count). The van der Waals surface area contributed by atoms with Crippen LogP contribution in [0.4, 0.5) is 13.2 Å². The van der Waals surface area contributed by atoms with Crippen molar-refractivity contribution in [1.82, 2.24) is 4.90 Å². The summed E-state index contributed by atoms with van der Waals surface area (Å²) in [4.78, 5) is 14.1. The third-order valence-electron chi connectivity index (χ3n) is 7.14. The molecule has 0 radical (unpaired) electrons. The van der Waals surface area contributed by atoms with Crippen LogP contribution in [0.1, 0.15) is 62.1 Å². The molecule has 1 N–H and O–H groups in total. The first-order chi connectivity index (χ1) is 14.5. The molecule has 31 heavy (non-hydrogen) atoms. The van der Waals surface area contributed by atoms with Crippen molar-refractivity contribution in [2.24, 2.45) is 11.8 Å². The van der Waals surface area contributed by atoms with Crippen molar-refractivity contribution in [3.05, 3.63) is 35.4 Å². The van der Waals surface area contributed by atoms with Crippen LogP contribution in [0.3, 0.4) is 0 Å². The van der Waals surface area contributed by atoms with E-state index in [1.807, 2.05) is 0 Å². The number of carboxylic acids is 1. The van der Waals surface area contributed by atoms with Gasteiger partial charge in [-0.1, -0.05) is 50.7 Å². The molecule has 1 aromatic rings. The molecule has 0 aromatic heterocycles. The van der Waals surface area contributed by atoms with Gasteiger partial charge < -0.3 is 5.11 Å². The highest BCUT2D eigenvalue weighted by Gasteiger charge is 2.44. The molecular weight excluding hydrogens is 419 g/mol.